The summed E-state index contributed by atoms with van der Waals surface area (Å²) in [4.78, 5) is 12.9. The molecule has 1 saturated heterocycles. The quantitative estimate of drug-likeness (QED) is 0.626. The molecule has 1 aliphatic heterocycles. The molecule has 1 aromatic heterocycles. The fourth-order valence-electron chi connectivity index (χ4n) is 3.58. The minimum Gasteiger partial charge on any atom is -0.326 e. The lowest BCUT2D eigenvalue weighted by Crippen LogP contribution is -2.43. The van der Waals surface area contributed by atoms with Crippen molar-refractivity contribution in [1.29, 1.82) is 0 Å². The number of rotatable bonds is 5. The molecule has 1 atom stereocenters. The van der Waals surface area contributed by atoms with Crippen molar-refractivity contribution in [2.45, 2.75) is 17.7 Å². The molecule has 1 fully saturated rings. The minimum atomic E-state index is -3.77. The van der Waals surface area contributed by atoms with Gasteiger partial charge in [-0.05, 0) is 77.2 Å². The summed E-state index contributed by atoms with van der Waals surface area (Å²) in [6.45, 7) is 0.451. The maximum absolute atomic E-state index is 13.1. The van der Waals surface area contributed by atoms with Crippen LogP contribution in [0.3, 0.4) is 0 Å². The van der Waals surface area contributed by atoms with E-state index < -0.39 is 21.8 Å². The fraction of sp³-hybridized carbons (Fsp3) is 0.227. The van der Waals surface area contributed by atoms with Crippen molar-refractivity contribution in [3.63, 3.8) is 0 Å². The van der Waals surface area contributed by atoms with Crippen molar-refractivity contribution in [2.24, 2.45) is 5.92 Å². The van der Waals surface area contributed by atoms with Gasteiger partial charge < -0.3 is 5.32 Å². The fourth-order valence-corrected chi connectivity index (χ4v) is 5.77. The number of nitrogens with zero attached hydrogens (tertiary/aromatic N) is 1. The predicted octanol–water partition coefficient (Wildman–Crippen LogP) is 4.59. The van der Waals surface area contributed by atoms with E-state index in [1.165, 1.54) is 16.4 Å². The molecule has 0 saturated carbocycles. The van der Waals surface area contributed by atoms with Crippen LogP contribution >= 0.6 is 11.3 Å². The summed E-state index contributed by atoms with van der Waals surface area (Å²) < 4.78 is 40.2. The number of anilines is 1. The van der Waals surface area contributed by atoms with E-state index in [9.17, 15) is 17.6 Å². The Morgan fingerprint density at radius 2 is 1.90 bits per heavy atom. The van der Waals surface area contributed by atoms with Gasteiger partial charge in [0.15, 0.2) is 0 Å². The lowest BCUT2D eigenvalue weighted by Gasteiger charge is -2.31. The molecule has 0 unspecified atom stereocenters. The molecule has 2 aromatic carbocycles. The number of carbonyl (C=O) groups excluding carboxylic acids is 1. The van der Waals surface area contributed by atoms with E-state index in [2.05, 4.69) is 5.32 Å². The van der Waals surface area contributed by atoms with Gasteiger partial charge in [0.2, 0.25) is 15.9 Å². The van der Waals surface area contributed by atoms with Crippen LogP contribution in [0.1, 0.15) is 12.8 Å². The number of amides is 1. The molecule has 5 nitrogen and oxygen atoms in total. The summed E-state index contributed by atoms with van der Waals surface area (Å²) in [5.74, 6) is -1.13. The van der Waals surface area contributed by atoms with Crippen LogP contribution < -0.4 is 5.32 Å². The van der Waals surface area contributed by atoms with Crippen LogP contribution in [0, 0.1) is 11.7 Å². The van der Waals surface area contributed by atoms with Gasteiger partial charge in [0, 0.05) is 18.8 Å². The zero-order valence-electron chi connectivity index (χ0n) is 16.1. The summed E-state index contributed by atoms with van der Waals surface area (Å²) in [5.41, 5.74) is 2.78. The van der Waals surface area contributed by atoms with E-state index in [4.69, 9.17) is 0 Å². The van der Waals surface area contributed by atoms with Crippen LogP contribution in [-0.4, -0.2) is 31.7 Å². The normalized spacial score (nSPS) is 17.6. The molecule has 1 aliphatic rings. The van der Waals surface area contributed by atoms with E-state index in [0.717, 1.165) is 23.3 Å². The first kappa shape index (κ1) is 20.7. The van der Waals surface area contributed by atoms with Crippen LogP contribution in [0.15, 0.2) is 70.3 Å². The van der Waals surface area contributed by atoms with Crippen LogP contribution in [0.5, 0.6) is 0 Å². The van der Waals surface area contributed by atoms with Gasteiger partial charge >= 0.3 is 0 Å². The lowest BCUT2D eigenvalue weighted by molar-refractivity contribution is -0.120. The Morgan fingerprint density at radius 1 is 1.10 bits per heavy atom. The third-order valence-corrected chi connectivity index (χ3v) is 7.75. The molecule has 2 heterocycles. The van der Waals surface area contributed by atoms with Crippen molar-refractivity contribution < 1.29 is 17.6 Å². The second kappa shape index (κ2) is 8.67. The SMILES string of the molecule is O=C(Nc1cccc(-c2ccsc2)c1)[C@H]1CCCN(S(=O)(=O)c2ccc(F)cc2)C1. The van der Waals surface area contributed by atoms with E-state index in [1.807, 2.05) is 41.1 Å². The van der Waals surface area contributed by atoms with Crippen LogP contribution in [0.2, 0.25) is 0 Å². The van der Waals surface area contributed by atoms with E-state index in [-0.39, 0.29) is 17.3 Å². The number of carbonyl (C=O) groups is 1. The first-order valence-electron chi connectivity index (χ1n) is 9.63. The predicted molar refractivity (Wildman–Crippen MR) is 116 cm³/mol. The Labute approximate surface area is 179 Å². The van der Waals surface area contributed by atoms with Gasteiger partial charge in [0.05, 0.1) is 10.8 Å². The van der Waals surface area contributed by atoms with Gasteiger partial charge in [0.25, 0.3) is 0 Å². The summed E-state index contributed by atoms with van der Waals surface area (Å²) in [6, 6.07) is 14.4. The number of piperidine rings is 1. The summed E-state index contributed by atoms with van der Waals surface area (Å²) in [5, 5.41) is 6.97. The minimum absolute atomic E-state index is 0.0356. The van der Waals surface area contributed by atoms with Crippen molar-refractivity contribution in [2.75, 3.05) is 18.4 Å². The second-order valence-corrected chi connectivity index (χ2v) is 9.96. The van der Waals surface area contributed by atoms with Gasteiger partial charge in [0.1, 0.15) is 5.82 Å². The van der Waals surface area contributed by atoms with E-state index >= 15 is 0 Å². The highest BCUT2D eigenvalue weighted by atomic mass is 32.2. The molecule has 0 spiro atoms. The monoisotopic (exact) mass is 444 g/mol. The van der Waals surface area contributed by atoms with Crippen LogP contribution in [0.4, 0.5) is 10.1 Å². The molecule has 0 bridgehead atoms. The number of halogens is 1. The van der Waals surface area contributed by atoms with Gasteiger partial charge in [-0.1, -0.05) is 12.1 Å². The van der Waals surface area contributed by atoms with Gasteiger partial charge in [-0.15, -0.1) is 0 Å². The molecular formula is C22H21FN2O3S2. The number of thiophene rings is 1. The zero-order chi connectivity index (χ0) is 21.1. The van der Waals surface area contributed by atoms with E-state index in [1.54, 1.807) is 11.3 Å². The van der Waals surface area contributed by atoms with Crippen LogP contribution in [0.25, 0.3) is 11.1 Å². The van der Waals surface area contributed by atoms with Gasteiger partial charge in [-0.3, -0.25) is 4.79 Å². The summed E-state index contributed by atoms with van der Waals surface area (Å²) in [7, 11) is -3.77. The summed E-state index contributed by atoms with van der Waals surface area (Å²) >= 11 is 1.61. The first-order chi connectivity index (χ1) is 14.4. The Hall–Kier alpha value is -2.55. The Balaban J connectivity index is 1.46. The molecule has 30 heavy (non-hydrogen) atoms. The molecule has 8 heteroatoms. The number of sulfonamides is 1. The molecular weight excluding hydrogens is 423 g/mol. The third kappa shape index (κ3) is 4.45. The molecule has 156 valence electrons. The van der Waals surface area contributed by atoms with Crippen LogP contribution in [-0.2, 0) is 14.8 Å². The average molecular weight is 445 g/mol. The second-order valence-electron chi connectivity index (χ2n) is 7.24. The Kier molecular flexibility index (Phi) is 5.99. The molecule has 1 amide bonds. The number of benzene rings is 2. The van der Waals surface area contributed by atoms with Gasteiger partial charge in [-0.25, -0.2) is 12.8 Å². The Bertz CT molecular complexity index is 1130. The van der Waals surface area contributed by atoms with Crippen molar-refractivity contribution in [1.82, 2.24) is 4.31 Å². The molecule has 0 radical (unpaired) electrons. The smallest absolute Gasteiger partial charge is 0.243 e. The molecule has 4 rings (SSSR count). The maximum Gasteiger partial charge on any atom is 0.243 e. The highest BCUT2D eigenvalue weighted by Gasteiger charge is 2.33. The number of nitrogens with one attached hydrogen (secondary N) is 1. The maximum atomic E-state index is 13.1. The Morgan fingerprint density at radius 3 is 2.63 bits per heavy atom. The first-order valence-corrected chi connectivity index (χ1v) is 12.0. The zero-order valence-corrected chi connectivity index (χ0v) is 17.8. The largest absolute Gasteiger partial charge is 0.326 e. The molecule has 1 N–H and O–H groups in total. The van der Waals surface area contributed by atoms with Crippen molar-refractivity contribution in [3.8, 4) is 11.1 Å². The van der Waals surface area contributed by atoms with Crippen molar-refractivity contribution in [3.05, 3.63) is 71.2 Å². The topological polar surface area (TPSA) is 66.5 Å². The van der Waals surface area contributed by atoms with Gasteiger partial charge in [-0.2, -0.15) is 15.6 Å². The third-order valence-electron chi connectivity index (χ3n) is 5.19. The number of hydrogen-bond donors (Lipinski definition) is 1. The molecule has 3 aromatic rings. The standard InChI is InChI=1S/C22H21FN2O3S2/c23-19-6-8-21(9-7-19)30(27,28)25-11-2-4-17(14-25)22(26)24-20-5-1-3-16(13-20)18-10-12-29-15-18/h1,3,5-10,12-13,15,17H,2,4,11,14H2,(H,24,26)/t17-/m0/s1. The van der Waals surface area contributed by atoms with E-state index in [0.29, 0.717) is 25.1 Å². The molecule has 0 aliphatic carbocycles. The number of hydrogen-bond acceptors (Lipinski definition) is 4. The van der Waals surface area contributed by atoms with Crippen molar-refractivity contribution >= 4 is 33.0 Å². The highest BCUT2D eigenvalue weighted by molar-refractivity contribution is 7.89. The highest BCUT2D eigenvalue weighted by Crippen LogP contribution is 2.27. The lowest BCUT2D eigenvalue weighted by atomic mass is 9.98. The average Bonchev–Trinajstić information content (AvgIpc) is 3.29. The summed E-state index contributed by atoms with van der Waals surface area (Å²) in [6.07, 6.45) is 1.21.